The van der Waals surface area contributed by atoms with E-state index in [1.54, 1.807) is 24.3 Å². The Balaban J connectivity index is 2.53. The molecular weight excluding hydrogens is 347 g/mol. The van der Waals surface area contributed by atoms with Gasteiger partial charge in [-0.1, -0.05) is 34.1 Å². The zero-order valence-corrected chi connectivity index (χ0v) is 12.7. The molecule has 0 spiro atoms. The van der Waals surface area contributed by atoms with Crippen LogP contribution < -0.4 is 10.5 Å². The maximum Gasteiger partial charge on any atom is 0.416 e. The van der Waals surface area contributed by atoms with Gasteiger partial charge in [-0.25, -0.2) is 0 Å². The van der Waals surface area contributed by atoms with Gasteiger partial charge >= 0.3 is 6.18 Å². The van der Waals surface area contributed by atoms with Crippen molar-refractivity contribution < 1.29 is 17.9 Å². The smallest absolute Gasteiger partial charge is 0.416 e. The summed E-state index contributed by atoms with van der Waals surface area (Å²) in [5.74, 6) is 0.535. The number of nitrogens with two attached hydrogens (primary N) is 1. The Morgan fingerprint density at radius 3 is 2.38 bits per heavy atom. The lowest BCUT2D eigenvalue weighted by Gasteiger charge is -2.20. The van der Waals surface area contributed by atoms with Gasteiger partial charge in [0, 0.05) is 4.47 Å². The highest BCUT2D eigenvalue weighted by Crippen LogP contribution is 2.37. The molecule has 0 bridgehead atoms. The zero-order valence-electron chi connectivity index (χ0n) is 11.1. The highest BCUT2D eigenvalue weighted by molar-refractivity contribution is 9.10. The van der Waals surface area contributed by atoms with E-state index >= 15 is 0 Å². The van der Waals surface area contributed by atoms with E-state index in [1.807, 2.05) is 0 Å². The second-order valence-corrected chi connectivity index (χ2v) is 5.30. The molecule has 0 aliphatic carbocycles. The van der Waals surface area contributed by atoms with Gasteiger partial charge < -0.3 is 10.5 Å². The van der Waals surface area contributed by atoms with Crippen LogP contribution in [0.4, 0.5) is 13.2 Å². The van der Waals surface area contributed by atoms with Crippen LogP contribution >= 0.6 is 15.9 Å². The van der Waals surface area contributed by atoms with Crippen molar-refractivity contribution in [3.8, 4) is 5.75 Å². The van der Waals surface area contributed by atoms with Crippen LogP contribution in [0.1, 0.15) is 22.7 Å². The largest absolute Gasteiger partial charge is 0.497 e. The van der Waals surface area contributed by atoms with Crippen molar-refractivity contribution in [2.45, 2.75) is 12.2 Å². The standard InChI is InChI=1S/C15H13BrF3NO/c1-21-9-6-7-13(16)11(8-9)14(20)10-4-2-3-5-12(10)15(17,18)19/h2-8,14H,20H2,1H3. The Morgan fingerprint density at radius 1 is 1.10 bits per heavy atom. The number of hydrogen-bond donors (Lipinski definition) is 1. The van der Waals surface area contributed by atoms with Crippen molar-refractivity contribution in [2.24, 2.45) is 5.73 Å². The fourth-order valence-electron chi connectivity index (χ4n) is 2.08. The first-order valence-corrected chi connectivity index (χ1v) is 6.89. The van der Waals surface area contributed by atoms with Gasteiger partial charge in [0.25, 0.3) is 0 Å². The minimum absolute atomic E-state index is 0.0268. The fraction of sp³-hybridized carbons (Fsp3) is 0.200. The molecule has 2 nitrogen and oxygen atoms in total. The van der Waals surface area contributed by atoms with Crippen LogP contribution in [0.3, 0.4) is 0 Å². The third kappa shape index (κ3) is 3.39. The Bertz CT molecular complexity index is 643. The zero-order chi connectivity index (χ0) is 15.6. The summed E-state index contributed by atoms with van der Waals surface area (Å²) in [4.78, 5) is 0. The lowest BCUT2D eigenvalue weighted by Crippen LogP contribution is -2.18. The van der Waals surface area contributed by atoms with Crippen LogP contribution in [0.25, 0.3) is 0 Å². The summed E-state index contributed by atoms with van der Waals surface area (Å²) in [6.45, 7) is 0. The van der Waals surface area contributed by atoms with Crippen LogP contribution in [-0.2, 0) is 6.18 Å². The van der Waals surface area contributed by atoms with Crippen molar-refractivity contribution in [3.63, 3.8) is 0 Å². The molecular formula is C15H13BrF3NO. The summed E-state index contributed by atoms with van der Waals surface area (Å²) in [5.41, 5.74) is 5.88. The van der Waals surface area contributed by atoms with Crippen molar-refractivity contribution in [2.75, 3.05) is 7.11 Å². The molecule has 2 aromatic carbocycles. The maximum absolute atomic E-state index is 13.1. The third-order valence-corrected chi connectivity index (χ3v) is 3.86. The van der Waals surface area contributed by atoms with Crippen LogP contribution in [0.15, 0.2) is 46.9 Å². The molecule has 0 heterocycles. The molecule has 0 saturated heterocycles. The monoisotopic (exact) mass is 359 g/mol. The minimum Gasteiger partial charge on any atom is -0.497 e. The predicted octanol–water partition coefficient (Wildman–Crippen LogP) is 4.52. The molecule has 21 heavy (non-hydrogen) atoms. The molecule has 6 heteroatoms. The number of ether oxygens (including phenoxy) is 1. The van der Waals surface area contributed by atoms with Gasteiger partial charge in [-0.15, -0.1) is 0 Å². The molecule has 0 amide bonds. The summed E-state index contributed by atoms with van der Waals surface area (Å²) in [7, 11) is 1.49. The first-order chi connectivity index (χ1) is 9.84. The molecule has 2 aromatic rings. The van der Waals surface area contributed by atoms with Gasteiger partial charge in [0.2, 0.25) is 0 Å². The first-order valence-electron chi connectivity index (χ1n) is 6.09. The summed E-state index contributed by atoms with van der Waals surface area (Å²) in [6.07, 6.45) is -4.44. The number of hydrogen-bond acceptors (Lipinski definition) is 2. The number of rotatable bonds is 3. The van der Waals surface area contributed by atoms with Gasteiger partial charge in [0.15, 0.2) is 0 Å². The van der Waals surface area contributed by atoms with Crippen LogP contribution in [0, 0.1) is 0 Å². The molecule has 0 fully saturated rings. The van der Waals surface area contributed by atoms with Crippen LogP contribution in [0.5, 0.6) is 5.75 Å². The van der Waals surface area contributed by atoms with E-state index < -0.39 is 17.8 Å². The molecule has 1 atom stereocenters. The number of halogens is 4. The van der Waals surface area contributed by atoms with Crippen LogP contribution in [-0.4, -0.2) is 7.11 Å². The SMILES string of the molecule is COc1ccc(Br)c(C(N)c2ccccc2C(F)(F)F)c1. The second-order valence-electron chi connectivity index (χ2n) is 4.45. The summed E-state index contributed by atoms with van der Waals surface area (Å²) in [6, 6.07) is 9.43. The number of methoxy groups -OCH3 is 1. The van der Waals surface area contributed by atoms with Crippen molar-refractivity contribution in [1.29, 1.82) is 0 Å². The molecule has 0 aliphatic rings. The van der Waals surface area contributed by atoms with E-state index in [1.165, 1.54) is 19.2 Å². The average molecular weight is 360 g/mol. The van der Waals surface area contributed by atoms with E-state index in [-0.39, 0.29) is 5.56 Å². The Kier molecular flexibility index (Phi) is 4.58. The van der Waals surface area contributed by atoms with Gasteiger partial charge in [-0.3, -0.25) is 0 Å². The van der Waals surface area contributed by atoms with Gasteiger partial charge in [0.1, 0.15) is 5.75 Å². The number of alkyl halides is 3. The van der Waals surface area contributed by atoms with E-state index in [9.17, 15) is 13.2 Å². The highest BCUT2D eigenvalue weighted by Gasteiger charge is 2.34. The first kappa shape index (κ1) is 15.9. The topological polar surface area (TPSA) is 35.2 Å². The Labute approximate surface area is 128 Å². The fourth-order valence-corrected chi connectivity index (χ4v) is 2.57. The molecule has 1 unspecified atom stereocenters. The molecule has 0 aliphatic heterocycles. The molecule has 2 N–H and O–H groups in total. The lowest BCUT2D eigenvalue weighted by atomic mass is 9.94. The molecule has 0 aromatic heterocycles. The van der Waals surface area contributed by atoms with E-state index in [4.69, 9.17) is 10.5 Å². The molecule has 112 valence electrons. The highest BCUT2D eigenvalue weighted by atomic mass is 79.9. The molecule has 0 saturated carbocycles. The average Bonchev–Trinajstić information content (AvgIpc) is 2.46. The van der Waals surface area contributed by atoms with Gasteiger partial charge in [0.05, 0.1) is 18.7 Å². The predicted molar refractivity (Wildman–Crippen MR) is 78.2 cm³/mol. The van der Waals surface area contributed by atoms with E-state index in [0.717, 1.165) is 6.07 Å². The van der Waals surface area contributed by atoms with Crippen molar-refractivity contribution in [1.82, 2.24) is 0 Å². The normalized spacial score (nSPS) is 13.0. The summed E-state index contributed by atoms with van der Waals surface area (Å²) < 4.78 is 45.0. The van der Waals surface area contributed by atoms with Crippen molar-refractivity contribution in [3.05, 3.63) is 63.6 Å². The quantitative estimate of drug-likeness (QED) is 0.873. The lowest BCUT2D eigenvalue weighted by molar-refractivity contribution is -0.138. The van der Waals surface area contributed by atoms with Gasteiger partial charge in [-0.2, -0.15) is 13.2 Å². The van der Waals surface area contributed by atoms with Crippen LogP contribution in [0.2, 0.25) is 0 Å². The summed E-state index contributed by atoms with van der Waals surface area (Å²) >= 11 is 3.32. The summed E-state index contributed by atoms with van der Waals surface area (Å²) in [5, 5.41) is 0. The molecule has 0 radical (unpaired) electrons. The Hall–Kier alpha value is -1.53. The second kappa shape index (κ2) is 6.07. The van der Waals surface area contributed by atoms with E-state index in [0.29, 0.717) is 15.8 Å². The minimum atomic E-state index is -4.44. The van der Waals surface area contributed by atoms with Gasteiger partial charge in [-0.05, 0) is 35.4 Å². The Morgan fingerprint density at radius 2 is 1.76 bits per heavy atom. The van der Waals surface area contributed by atoms with Crippen molar-refractivity contribution >= 4 is 15.9 Å². The van der Waals surface area contributed by atoms with E-state index in [2.05, 4.69) is 15.9 Å². The third-order valence-electron chi connectivity index (χ3n) is 3.14. The maximum atomic E-state index is 13.1. The molecule has 2 rings (SSSR count). The number of benzene rings is 2.